The molecular formula is C12H15ClN4O3. The van der Waals surface area contributed by atoms with Crippen molar-refractivity contribution < 1.29 is 9.72 Å². The zero-order valence-corrected chi connectivity index (χ0v) is 11.5. The first-order chi connectivity index (χ1) is 9.58. The van der Waals surface area contributed by atoms with E-state index in [-0.39, 0.29) is 16.4 Å². The standard InChI is InChI=1S/C12H15ClN4O3/c13-11-10(6-9(7-16-11)17(19)20)12(18)15-5-1-4-14-8-2-3-8/h6-8,14H,1-5H2,(H,15,18). The molecule has 1 heterocycles. The minimum Gasteiger partial charge on any atom is -0.352 e. The van der Waals surface area contributed by atoms with Gasteiger partial charge in [0.05, 0.1) is 10.5 Å². The second kappa shape index (κ2) is 6.62. The Morgan fingerprint density at radius 2 is 2.25 bits per heavy atom. The first kappa shape index (κ1) is 14.7. The Bertz CT molecular complexity index is 519. The van der Waals surface area contributed by atoms with Crippen LogP contribution in [-0.4, -0.2) is 34.9 Å². The summed E-state index contributed by atoms with van der Waals surface area (Å²) in [5.41, 5.74) is -0.231. The van der Waals surface area contributed by atoms with Gasteiger partial charge >= 0.3 is 0 Å². The largest absolute Gasteiger partial charge is 0.352 e. The number of hydrogen-bond acceptors (Lipinski definition) is 5. The predicted octanol–water partition coefficient (Wildman–Crippen LogP) is 1.52. The molecule has 8 heteroatoms. The van der Waals surface area contributed by atoms with E-state index in [4.69, 9.17) is 11.6 Å². The van der Waals surface area contributed by atoms with Gasteiger partial charge in [-0.05, 0) is 25.8 Å². The number of carbonyl (C=O) groups is 1. The highest BCUT2D eigenvalue weighted by Gasteiger charge is 2.20. The van der Waals surface area contributed by atoms with Crippen LogP contribution in [0.1, 0.15) is 29.6 Å². The van der Waals surface area contributed by atoms with E-state index in [0.29, 0.717) is 12.6 Å². The molecule has 1 aliphatic carbocycles. The molecule has 0 aliphatic heterocycles. The lowest BCUT2D eigenvalue weighted by atomic mass is 10.2. The van der Waals surface area contributed by atoms with Crippen molar-refractivity contribution in [1.82, 2.24) is 15.6 Å². The average molecular weight is 299 g/mol. The minimum absolute atomic E-state index is 0.0241. The molecule has 0 atom stereocenters. The van der Waals surface area contributed by atoms with Gasteiger partial charge in [-0.2, -0.15) is 0 Å². The Morgan fingerprint density at radius 3 is 2.90 bits per heavy atom. The molecule has 0 aromatic carbocycles. The highest BCUT2D eigenvalue weighted by molar-refractivity contribution is 6.32. The zero-order valence-electron chi connectivity index (χ0n) is 10.8. The maximum absolute atomic E-state index is 11.9. The average Bonchev–Trinajstić information content (AvgIpc) is 3.22. The SMILES string of the molecule is O=C(NCCCNC1CC1)c1cc([N+](=O)[O-])cnc1Cl. The Kier molecular flexibility index (Phi) is 4.86. The third-order valence-corrected chi connectivity index (χ3v) is 3.23. The molecule has 1 aromatic rings. The number of nitrogens with one attached hydrogen (secondary N) is 2. The Hall–Kier alpha value is -1.73. The van der Waals surface area contributed by atoms with Crippen molar-refractivity contribution >= 4 is 23.2 Å². The smallest absolute Gasteiger partial charge is 0.288 e. The van der Waals surface area contributed by atoms with Crippen LogP contribution in [0.3, 0.4) is 0 Å². The molecule has 0 bridgehead atoms. The molecule has 0 spiro atoms. The van der Waals surface area contributed by atoms with E-state index in [1.165, 1.54) is 12.8 Å². The molecule has 1 fully saturated rings. The molecule has 108 valence electrons. The van der Waals surface area contributed by atoms with Crippen molar-refractivity contribution in [1.29, 1.82) is 0 Å². The van der Waals surface area contributed by atoms with Gasteiger partial charge in [-0.25, -0.2) is 4.98 Å². The van der Waals surface area contributed by atoms with E-state index in [0.717, 1.165) is 25.2 Å². The quantitative estimate of drug-likeness (QED) is 0.344. The molecule has 0 radical (unpaired) electrons. The summed E-state index contributed by atoms with van der Waals surface area (Å²) < 4.78 is 0. The molecule has 1 amide bonds. The van der Waals surface area contributed by atoms with Crippen LogP contribution in [0, 0.1) is 10.1 Å². The number of pyridine rings is 1. The number of nitro groups is 1. The number of hydrogen-bond donors (Lipinski definition) is 2. The summed E-state index contributed by atoms with van der Waals surface area (Å²) in [6, 6.07) is 1.77. The molecule has 0 unspecified atom stereocenters. The fourth-order valence-corrected chi connectivity index (χ4v) is 1.86. The summed E-state index contributed by atoms with van der Waals surface area (Å²) in [7, 11) is 0. The van der Waals surface area contributed by atoms with Gasteiger partial charge in [-0.15, -0.1) is 0 Å². The predicted molar refractivity (Wildman–Crippen MR) is 73.9 cm³/mol. The van der Waals surface area contributed by atoms with E-state index in [1.54, 1.807) is 0 Å². The maximum atomic E-state index is 11.9. The first-order valence-electron chi connectivity index (χ1n) is 6.39. The molecule has 1 aromatic heterocycles. The summed E-state index contributed by atoms with van der Waals surface area (Å²) in [5.74, 6) is -0.447. The fraction of sp³-hybridized carbons (Fsp3) is 0.500. The van der Waals surface area contributed by atoms with Crippen molar-refractivity contribution in [2.24, 2.45) is 0 Å². The lowest BCUT2D eigenvalue weighted by molar-refractivity contribution is -0.385. The third-order valence-electron chi connectivity index (χ3n) is 2.93. The number of amides is 1. The second-order valence-corrected chi connectivity index (χ2v) is 4.98. The van der Waals surface area contributed by atoms with Crippen molar-refractivity contribution in [3.05, 3.63) is 33.1 Å². The van der Waals surface area contributed by atoms with Gasteiger partial charge in [-0.1, -0.05) is 11.6 Å². The zero-order chi connectivity index (χ0) is 14.5. The van der Waals surface area contributed by atoms with Crippen LogP contribution in [0.4, 0.5) is 5.69 Å². The van der Waals surface area contributed by atoms with Crippen LogP contribution >= 0.6 is 11.6 Å². The van der Waals surface area contributed by atoms with Gasteiger partial charge in [-0.3, -0.25) is 14.9 Å². The van der Waals surface area contributed by atoms with Crippen LogP contribution in [0.2, 0.25) is 5.15 Å². The van der Waals surface area contributed by atoms with Crippen LogP contribution in [0.15, 0.2) is 12.3 Å². The molecule has 2 rings (SSSR count). The minimum atomic E-state index is -0.611. The lowest BCUT2D eigenvalue weighted by Gasteiger charge is -2.06. The summed E-state index contributed by atoms with van der Waals surface area (Å²) in [5, 5.41) is 16.6. The van der Waals surface area contributed by atoms with E-state index in [1.807, 2.05) is 0 Å². The summed E-state index contributed by atoms with van der Waals surface area (Å²) >= 11 is 5.78. The highest BCUT2D eigenvalue weighted by Crippen LogP contribution is 2.19. The molecule has 1 aliphatic rings. The summed E-state index contributed by atoms with van der Waals surface area (Å²) in [6.45, 7) is 1.32. The van der Waals surface area contributed by atoms with E-state index < -0.39 is 10.8 Å². The number of rotatable bonds is 7. The Morgan fingerprint density at radius 1 is 1.50 bits per heavy atom. The highest BCUT2D eigenvalue weighted by atomic mass is 35.5. The normalized spacial score (nSPS) is 14.1. The Labute approximate surface area is 120 Å². The third kappa shape index (κ3) is 4.14. The van der Waals surface area contributed by atoms with Crippen molar-refractivity contribution in [3.8, 4) is 0 Å². The number of halogens is 1. The molecule has 1 saturated carbocycles. The van der Waals surface area contributed by atoms with Gasteiger partial charge in [0.2, 0.25) is 0 Å². The van der Waals surface area contributed by atoms with Gasteiger partial charge in [0.25, 0.3) is 11.6 Å². The van der Waals surface area contributed by atoms with E-state index in [2.05, 4.69) is 15.6 Å². The van der Waals surface area contributed by atoms with Gasteiger partial charge in [0.15, 0.2) is 0 Å². The monoisotopic (exact) mass is 298 g/mol. The van der Waals surface area contributed by atoms with Crippen molar-refractivity contribution in [3.63, 3.8) is 0 Å². The summed E-state index contributed by atoms with van der Waals surface area (Å²) in [6.07, 6.45) is 4.27. The second-order valence-electron chi connectivity index (χ2n) is 4.63. The van der Waals surface area contributed by atoms with Crippen molar-refractivity contribution in [2.75, 3.05) is 13.1 Å². The number of carbonyl (C=O) groups excluding carboxylic acids is 1. The fourth-order valence-electron chi connectivity index (χ4n) is 1.68. The molecular weight excluding hydrogens is 284 g/mol. The number of aromatic nitrogens is 1. The summed E-state index contributed by atoms with van der Waals surface area (Å²) in [4.78, 5) is 25.5. The van der Waals surface area contributed by atoms with Crippen LogP contribution in [-0.2, 0) is 0 Å². The van der Waals surface area contributed by atoms with Crippen LogP contribution in [0.5, 0.6) is 0 Å². The Balaban J connectivity index is 1.83. The molecule has 0 saturated heterocycles. The van der Waals surface area contributed by atoms with Crippen LogP contribution in [0.25, 0.3) is 0 Å². The van der Waals surface area contributed by atoms with Gasteiger partial charge in [0.1, 0.15) is 11.3 Å². The van der Waals surface area contributed by atoms with Gasteiger partial charge in [0, 0.05) is 18.7 Å². The first-order valence-corrected chi connectivity index (χ1v) is 6.77. The molecule has 7 nitrogen and oxygen atoms in total. The number of nitrogens with zero attached hydrogens (tertiary/aromatic N) is 2. The van der Waals surface area contributed by atoms with E-state index in [9.17, 15) is 14.9 Å². The topological polar surface area (TPSA) is 97.2 Å². The molecule has 20 heavy (non-hydrogen) atoms. The van der Waals surface area contributed by atoms with Crippen molar-refractivity contribution in [2.45, 2.75) is 25.3 Å². The maximum Gasteiger partial charge on any atom is 0.288 e. The molecule has 2 N–H and O–H groups in total. The van der Waals surface area contributed by atoms with Crippen LogP contribution < -0.4 is 10.6 Å². The lowest BCUT2D eigenvalue weighted by Crippen LogP contribution is -2.28. The van der Waals surface area contributed by atoms with Gasteiger partial charge < -0.3 is 10.6 Å². The van der Waals surface area contributed by atoms with E-state index >= 15 is 0 Å².